The molecule has 1 unspecified atom stereocenters. The molecule has 0 radical (unpaired) electrons. The molecule has 9 aromatic carbocycles. The maximum atomic E-state index is 4.37. The molecule has 1 aliphatic rings. The summed E-state index contributed by atoms with van der Waals surface area (Å²) >= 11 is 0. The second-order valence-corrected chi connectivity index (χ2v) is 24.7. The van der Waals surface area contributed by atoms with Crippen LogP contribution >= 0.6 is 0 Å². The normalized spacial score (nSPS) is 14.0. The Labute approximate surface area is 476 Å². The molecule has 0 aromatic heterocycles. The fourth-order valence-corrected chi connectivity index (χ4v) is 17.1. The summed E-state index contributed by atoms with van der Waals surface area (Å²) in [6.07, 6.45) is 4.37. The average molecular weight is 1070 g/mol. The standard InChI is InChI=1S/C69H63Si.3ClH.Ti/c1-45-11-23-54(24-12-45)60-35-61(55-25-13-46(2)14-26-55)39-66(38-60)70(69(10)44-51(7)52(8)53(69)9,67-40-62(56-27-15-47(3)16-28-56)36-63(41-67)57-29-17-48(4)18-30-57)68-42-64(58-31-19-49(5)20-32-58)37-65(43-68)59-33-21-50(6)22-34-59;;;;/h11-43H,1-10H3;3*1H;/q-1;;;;+4/p-3. The minimum absolute atomic E-state index is 0. The molecule has 10 rings (SSSR count). The molecule has 0 saturated carbocycles. The molecule has 0 bridgehead atoms. The maximum absolute atomic E-state index is 4.37. The van der Waals surface area contributed by atoms with Gasteiger partial charge < -0.3 is 37.2 Å². The van der Waals surface area contributed by atoms with Gasteiger partial charge in [0.15, 0.2) is 0 Å². The smallest absolute Gasteiger partial charge is 1.00 e. The van der Waals surface area contributed by atoms with Crippen molar-refractivity contribution in [3.8, 4) is 66.8 Å². The zero-order valence-corrected chi connectivity index (χ0v) is 49.0. The zero-order chi connectivity index (χ0) is 48.9. The van der Waals surface area contributed by atoms with Crippen molar-refractivity contribution in [2.45, 2.75) is 74.3 Å². The number of rotatable bonds is 10. The third kappa shape index (κ3) is 11.0. The second kappa shape index (κ2) is 23.4. The van der Waals surface area contributed by atoms with Gasteiger partial charge in [-0.05, 0) is 142 Å². The van der Waals surface area contributed by atoms with E-state index in [1.807, 2.05) is 0 Å². The van der Waals surface area contributed by atoms with Gasteiger partial charge in [-0.15, -0.1) is 6.92 Å². The number of aryl methyl sites for hydroxylation is 6. The minimum Gasteiger partial charge on any atom is -1.00 e. The molecular formula is C69H63Cl3SiTi. The van der Waals surface area contributed by atoms with Crippen LogP contribution in [0.4, 0.5) is 0 Å². The first kappa shape index (κ1) is 57.5. The summed E-state index contributed by atoms with van der Waals surface area (Å²) in [5.41, 5.74) is 26.0. The van der Waals surface area contributed by atoms with Crippen molar-refractivity contribution in [1.29, 1.82) is 0 Å². The summed E-state index contributed by atoms with van der Waals surface area (Å²) in [7, 11) is -3.50. The third-order valence-corrected chi connectivity index (χ3v) is 20.9. The first-order valence-electron chi connectivity index (χ1n) is 24.9. The molecule has 0 nitrogen and oxygen atoms in total. The van der Waals surface area contributed by atoms with E-state index in [4.69, 9.17) is 0 Å². The van der Waals surface area contributed by atoms with Crippen LogP contribution in [0.2, 0.25) is 5.04 Å². The van der Waals surface area contributed by atoms with E-state index in [0.717, 1.165) is 0 Å². The average Bonchev–Trinajstić information content (AvgIpc) is 3.57. The summed E-state index contributed by atoms with van der Waals surface area (Å²) in [6.45, 7) is 22.6. The molecule has 74 heavy (non-hydrogen) atoms. The fraction of sp³-hybridized carbons (Fsp3) is 0.159. The maximum Gasteiger partial charge on any atom is 4.00 e. The summed E-state index contributed by atoms with van der Waals surface area (Å²) < 4.78 is 0. The predicted octanol–water partition coefficient (Wildman–Crippen LogP) is 7.88. The summed E-state index contributed by atoms with van der Waals surface area (Å²) in [5.74, 6) is 0. The van der Waals surface area contributed by atoms with Gasteiger partial charge in [-0.1, -0.05) is 241 Å². The van der Waals surface area contributed by atoms with Gasteiger partial charge in [0.05, 0.1) is 0 Å². The number of benzene rings is 9. The van der Waals surface area contributed by atoms with Crippen LogP contribution in [-0.4, -0.2) is 8.07 Å². The van der Waals surface area contributed by atoms with Crippen LogP contribution in [-0.2, 0) is 21.7 Å². The van der Waals surface area contributed by atoms with Crippen molar-refractivity contribution in [3.05, 3.63) is 256 Å². The minimum atomic E-state index is -3.50. The molecule has 1 atom stereocenters. The van der Waals surface area contributed by atoms with Crippen LogP contribution in [0.5, 0.6) is 0 Å². The fourth-order valence-electron chi connectivity index (χ4n) is 11.0. The van der Waals surface area contributed by atoms with Crippen molar-refractivity contribution in [2.24, 2.45) is 0 Å². The van der Waals surface area contributed by atoms with E-state index in [1.165, 1.54) is 132 Å². The van der Waals surface area contributed by atoms with Gasteiger partial charge in [0, 0.05) is 0 Å². The second-order valence-electron chi connectivity index (χ2n) is 20.5. The summed E-state index contributed by atoms with van der Waals surface area (Å²) in [4.78, 5) is 0. The largest absolute Gasteiger partial charge is 4.00 e. The van der Waals surface area contributed by atoms with Gasteiger partial charge in [0.2, 0.25) is 0 Å². The van der Waals surface area contributed by atoms with Crippen LogP contribution in [0.25, 0.3) is 66.8 Å². The Hall–Kier alpha value is -5.74. The molecule has 0 aliphatic heterocycles. The molecule has 368 valence electrons. The Morgan fingerprint density at radius 2 is 0.473 bits per heavy atom. The molecule has 1 aliphatic carbocycles. The topological polar surface area (TPSA) is 0 Å². The Bertz CT molecular complexity index is 2960. The number of hydrogen-bond acceptors (Lipinski definition) is 0. The van der Waals surface area contributed by atoms with Crippen LogP contribution < -0.4 is 52.8 Å². The van der Waals surface area contributed by atoms with E-state index in [9.17, 15) is 0 Å². The van der Waals surface area contributed by atoms with E-state index in [1.54, 1.807) is 0 Å². The summed E-state index contributed by atoms with van der Waals surface area (Å²) in [5, 5.41) is 3.52. The monoisotopic (exact) mass is 1070 g/mol. The van der Waals surface area contributed by atoms with Crippen molar-refractivity contribution in [2.75, 3.05) is 0 Å². The predicted molar refractivity (Wildman–Crippen MR) is 304 cm³/mol. The van der Waals surface area contributed by atoms with Crippen molar-refractivity contribution in [3.63, 3.8) is 0 Å². The van der Waals surface area contributed by atoms with Crippen LogP contribution in [0.3, 0.4) is 0 Å². The first-order chi connectivity index (χ1) is 33.7. The molecule has 0 saturated heterocycles. The molecule has 0 N–H and O–H groups in total. The van der Waals surface area contributed by atoms with E-state index in [0.29, 0.717) is 0 Å². The quantitative estimate of drug-likeness (QED) is 0.0744. The van der Waals surface area contributed by atoms with E-state index in [2.05, 4.69) is 276 Å². The van der Waals surface area contributed by atoms with Gasteiger partial charge >= 0.3 is 21.7 Å². The van der Waals surface area contributed by atoms with E-state index in [-0.39, 0.29) is 58.9 Å². The molecule has 9 aromatic rings. The van der Waals surface area contributed by atoms with E-state index >= 15 is 0 Å². The summed E-state index contributed by atoms with van der Waals surface area (Å²) in [6, 6.07) is 77.5. The number of halogens is 3. The van der Waals surface area contributed by atoms with Crippen molar-refractivity contribution in [1.82, 2.24) is 0 Å². The first-order valence-corrected chi connectivity index (χ1v) is 26.9. The Morgan fingerprint density at radius 3 is 0.635 bits per heavy atom. The molecule has 5 heteroatoms. The van der Waals surface area contributed by atoms with Gasteiger partial charge in [0.25, 0.3) is 0 Å². The molecule has 0 fully saturated rings. The molecular weight excluding hydrogens is 1010 g/mol. The third-order valence-electron chi connectivity index (χ3n) is 15.5. The SMILES string of the molecule is CC1=[C-]C(C)([Si](c2cc(-c3ccc(C)cc3)cc(-c3ccc(C)cc3)c2)(c2cc(-c3ccc(C)cc3)cc(-c3ccc(C)cc3)c2)c2cc(-c3ccc(C)cc3)cc(-c3ccc(C)cc3)c2)C(C)=C1C.[Cl-].[Cl-].[Cl-].[Ti+4]. The van der Waals surface area contributed by atoms with Gasteiger partial charge in [-0.25, -0.2) is 5.57 Å². The Morgan fingerprint density at radius 1 is 0.284 bits per heavy atom. The Balaban J connectivity index is 0.00000223. The van der Waals surface area contributed by atoms with Crippen molar-refractivity contribution >= 4 is 23.6 Å². The molecule has 0 spiro atoms. The number of allylic oxidation sites excluding steroid dienone is 4. The zero-order valence-electron chi connectivity index (χ0n) is 44.2. The van der Waals surface area contributed by atoms with Crippen molar-refractivity contribution < 1.29 is 58.9 Å². The molecule has 0 heterocycles. The van der Waals surface area contributed by atoms with E-state index < -0.39 is 13.1 Å². The van der Waals surface area contributed by atoms with Gasteiger partial charge in [-0.3, -0.25) is 6.08 Å². The van der Waals surface area contributed by atoms with Crippen LogP contribution in [0.15, 0.2) is 217 Å². The van der Waals surface area contributed by atoms with Gasteiger partial charge in [-0.2, -0.15) is 11.1 Å². The number of hydrogen-bond donors (Lipinski definition) is 0. The molecule has 0 amide bonds. The van der Waals surface area contributed by atoms with Crippen LogP contribution in [0.1, 0.15) is 61.1 Å². The van der Waals surface area contributed by atoms with Gasteiger partial charge in [0.1, 0.15) is 8.07 Å². The van der Waals surface area contributed by atoms with Crippen LogP contribution in [0, 0.1) is 47.6 Å². The Kier molecular flexibility index (Phi) is 18.2.